The molecule has 0 bridgehead atoms. The molecule has 1 saturated heterocycles. The van der Waals surface area contributed by atoms with E-state index in [9.17, 15) is 24.3 Å². The molecule has 3 atom stereocenters. The van der Waals surface area contributed by atoms with Crippen LogP contribution in [-0.2, 0) is 33.4 Å². The van der Waals surface area contributed by atoms with Crippen molar-refractivity contribution in [3.63, 3.8) is 0 Å². The third-order valence-electron chi connectivity index (χ3n) is 6.59. The van der Waals surface area contributed by atoms with Crippen molar-refractivity contribution < 1.29 is 43.6 Å². The molecule has 0 spiro atoms. The van der Waals surface area contributed by atoms with Gasteiger partial charge in [-0.2, -0.15) is 0 Å². The Kier molecular flexibility index (Phi) is 18.7. The first-order valence-corrected chi connectivity index (χ1v) is 14.3. The Morgan fingerprint density at radius 2 is 1.30 bits per heavy atom. The van der Waals surface area contributed by atoms with Crippen molar-refractivity contribution in [3.8, 4) is 0 Å². The highest BCUT2D eigenvalue weighted by atomic mass is 16.6. The van der Waals surface area contributed by atoms with Crippen LogP contribution >= 0.6 is 0 Å². The van der Waals surface area contributed by atoms with Crippen LogP contribution in [0.4, 0.5) is 0 Å². The van der Waals surface area contributed by atoms with Crippen molar-refractivity contribution in [1.82, 2.24) is 0 Å². The van der Waals surface area contributed by atoms with Crippen LogP contribution in [0.5, 0.6) is 0 Å². The summed E-state index contributed by atoms with van der Waals surface area (Å²) in [5.41, 5.74) is 0. The van der Waals surface area contributed by atoms with Gasteiger partial charge in [0.2, 0.25) is 11.9 Å². The lowest BCUT2D eigenvalue weighted by Gasteiger charge is -2.15. The fourth-order valence-electron chi connectivity index (χ4n) is 4.33. The van der Waals surface area contributed by atoms with Crippen LogP contribution in [0.1, 0.15) is 122 Å². The molecule has 9 nitrogen and oxygen atoms in total. The number of cyclic esters (lactones) is 1. The number of carboxylic acid groups (broad SMARTS) is 1. The van der Waals surface area contributed by atoms with Gasteiger partial charge in [-0.25, -0.2) is 4.79 Å². The van der Waals surface area contributed by atoms with E-state index in [-0.39, 0.29) is 13.0 Å². The number of ether oxygens (including phenoxy) is 3. The van der Waals surface area contributed by atoms with Crippen LogP contribution in [0.25, 0.3) is 0 Å². The number of rotatable bonds is 24. The van der Waals surface area contributed by atoms with Gasteiger partial charge in [0.05, 0.1) is 12.8 Å². The Hall–Kier alpha value is -2.00. The molecule has 214 valence electrons. The molecule has 37 heavy (non-hydrogen) atoms. The number of hydrogen-bond acceptors (Lipinski definition) is 8. The Morgan fingerprint density at radius 1 is 0.811 bits per heavy atom. The van der Waals surface area contributed by atoms with Crippen LogP contribution in [0.15, 0.2) is 0 Å². The summed E-state index contributed by atoms with van der Waals surface area (Å²) >= 11 is 0. The van der Waals surface area contributed by atoms with E-state index in [1.54, 1.807) is 0 Å². The standard InChI is InChI=1S/C28H48O9/c1-2-3-4-5-6-7-8-9-10-11-12-13-14-15-16-17-20-35-27-25(33)26(37-28(27)34)22(29)21-36-24(32)19-18-23(30)31/h22,26-27,29H,2-21H2,1H3,(H,30,31)/t22-,26+,27?/m0/s1. The second-order valence-electron chi connectivity index (χ2n) is 9.96. The van der Waals surface area contributed by atoms with Gasteiger partial charge in [-0.1, -0.05) is 103 Å². The first-order valence-electron chi connectivity index (χ1n) is 14.3. The number of carboxylic acids is 1. The van der Waals surface area contributed by atoms with E-state index in [0.29, 0.717) is 0 Å². The minimum Gasteiger partial charge on any atom is -0.481 e. The Balaban J connectivity index is 2.01. The number of carbonyl (C=O) groups is 4. The van der Waals surface area contributed by atoms with E-state index >= 15 is 0 Å². The number of aliphatic hydroxyl groups excluding tert-OH is 1. The molecule has 2 N–H and O–H groups in total. The maximum atomic E-state index is 12.4. The Morgan fingerprint density at radius 3 is 1.78 bits per heavy atom. The summed E-state index contributed by atoms with van der Waals surface area (Å²) in [4.78, 5) is 46.2. The third kappa shape index (κ3) is 15.8. The van der Waals surface area contributed by atoms with Crippen LogP contribution < -0.4 is 0 Å². The van der Waals surface area contributed by atoms with Crippen molar-refractivity contribution in [1.29, 1.82) is 0 Å². The minimum atomic E-state index is -1.53. The molecule has 0 aromatic rings. The van der Waals surface area contributed by atoms with Gasteiger partial charge in [0.1, 0.15) is 12.7 Å². The van der Waals surface area contributed by atoms with Crippen LogP contribution in [0.3, 0.4) is 0 Å². The largest absolute Gasteiger partial charge is 0.481 e. The highest BCUT2D eigenvalue weighted by molar-refractivity contribution is 6.09. The highest BCUT2D eigenvalue weighted by Crippen LogP contribution is 2.19. The van der Waals surface area contributed by atoms with E-state index in [4.69, 9.17) is 19.3 Å². The predicted octanol–water partition coefficient (Wildman–Crippen LogP) is 4.90. The molecular weight excluding hydrogens is 480 g/mol. The molecule has 1 rings (SSSR count). The number of ketones is 1. The van der Waals surface area contributed by atoms with Crippen molar-refractivity contribution in [2.75, 3.05) is 13.2 Å². The molecule has 0 saturated carbocycles. The highest BCUT2D eigenvalue weighted by Gasteiger charge is 2.48. The van der Waals surface area contributed by atoms with Crippen molar-refractivity contribution in [2.24, 2.45) is 0 Å². The Bertz CT molecular complexity index is 664. The summed E-state index contributed by atoms with van der Waals surface area (Å²) in [5, 5.41) is 18.6. The predicted molar refractivity (Wildman–Crippen MR) is 138 cm³/mol. The molecule has 0 aliphatic carbocycles. The van der Waals surface area contributed by atoms with Crippen LogP contribution in [-0.4, -0.2) is 65.4 Å². The smallest absolute Gasteiger partial charge is 0.344 e. The molecule has 0 aromatic carbocycles. The summed E-state index contributed by atoms with van der Waals surface area (Å²) in [5.74, 6) is -3.53. The zero-order chi connectivity index (χ0) is 27.3. The summed E-state index contributed by atoms with van der Waals surface area (Å²) in [6.45, 7) is 1.92. The second kappa shape index (κ2) is 21.0. The van der Waals surface area contributed by atoms with E-state index in [0.717, 1.165) is 19.3 Å². The van der Waals surface area contributed by atoms with E-state index in [1.165, 1.54) is 83.5 Å². The van der Waals surface area contributed by atoms with Gasteiger partial charge in [0.25, 0.3) is 0 Å². The van der Waals surface area contributed by atoms with E-state index in [1.807, 2.05) is 0 Å². The summed E-state index contributed by atoms with van der Waals surface area (Å²) in [6, 6.07) is 0. The van der Waals surface area contributed by atoms with Crippen molar-refractivity contribution >= 4 is 23.7 Å². The quantitative estimate of drug-likeness (QED) is 0.102. The lowest BCUT2D eigenvalue weighted by Crippen LogP contribution is -2.38. The summed E-state index contributed by atoms with van der Waals surface area (Å²) in [7, 11) is 0. The molecular formula is C28H48O9. The SMILES string of the molecule is CCCCCCCCCCCCCCCCCCOC1C(=O)O[C@H]([C@@H](O)COC(=O)CCC(=O)O)C1=O. The lowest BCUT2D eigenvalue weighted by molar-refractivity contribution is -0.158. The number of hydrogen-bond donors (Lipinski definition) is 2. The molecule has 0 aromatic heterocycles. The van der Waals surface area contributed by atoms with Gasteiger partial charge >= 0.3 is 17.9 Å². The molecule has 1 fully saturated rings. The fraction of sp³-hybridized carbons (Fsp3) is 0.857. The first kappa shape index (κ1) is 33.0. The van der Waals surface area contributed by atoms with Crippen LogP contribution in [0, 0.1) is 0 Å². The number of aliphatic carboxylic acids is 1. The van der Waals surface area contributed by atoms with Gasteiger partial charge in [-0.3, -0.25) is 14.4 Å². The molecule has 1 aliphatic rings. The molecule has 0 radical (unpaired) electrons. The zero-order valence-corrected chi connectivity index (χ0v) is 22.6. The topological polar surface area (TPSA) is 136 Å². The van der Waals surface area contributed by atoms with E-state index in [2.05, 4.69) is 6.92 Å². The van der Waals surface area contributed by atoms with Crippen molar-refractivity contribution in [2.45, 2.75) is 141 Å². The second-order valence-corrected chi connectivity index (χ2v) is 9.96. The normalized spacial score (nSPS) is 18.1. The summed E-state index contributed by atoms with van der Waals surface area (Å²) < 4.78 is 15.1. The van der Waals surface area contributed by atoms with Gasteiger partial charge < -0.3 is 24.4 Å². The number of aliphatic hydroxyl groups is 1. The summed E-state index contributed by atoms with van der Waals surface area (Å²) in [6.07, 6.45) is 14.9. The molecule has 1 heterocycles. The van der Waals surface area contributed by atoms with Crippen LogP contribution in [0.2, 0.25) is 0 Å². The Labute approximate surface area is 221 Å². The average Bonchev–Trinajstić information content (AvgIpc) is 3.16. The van der Waals surface area contributed by atoms with Gasteiger partial charge in [0, 0.05) is 6.61 Å². The third-order valence-corrected chi connectivity index (χ3v) is 6.59. The first-order chi connectivity index (χ1) is 17.9. The lowest BCUT2D eigenvalue weighted by atomic mass is 10.0. The molecule has 1 aliphatic heterocycles. The minimum absolute atomic E-state index is 0.247. The number of unbranched alkanes of at least 4 members (excludes halogenated alkanes) is 15. The molecule has 9 heteroatoms. The van der Waals surface area contributed by atoms with Gasteiger partial charge in [-0.15, -0.1) is 0 Å². The maximum Gasteiger partial charge on any atom is 0.344 e. The van der Waals surface area contributed by atoms with Crippen molar-refractivity contribution in [3.05, 3.63) is 0 Å². The number of Topliss-reactive ketones (excluding diaryl/α,β-unsaturated/α-hetero) is 1. The molecule has 0 amide bonds. The monoisotopic (exact) mass is 528 g/mol. The number of esters is 2. The maximum absolute atomic E-state index is 12.4. The van der Waals surface area contributed by atoms with E-state index < -0.39 is 55.0 Å². The molecule has 1 unspecified atom stereocenters. The fourth-order valence-corrected chi connectivity index (χ4v) is 4.33. The van der Waals surface area contributed by atoms with Gasteiger partial charge in [-0.05, 0) is 6.42 Å². The average molecular weight is 529 g/mol. The number of carbonyl (C=O) groups excluding carboxylic acids is 3. The van der Waals surface area contributed by atoms with Gasteiger partial charge in [0.15, 0.2) is 6.10 Å². The zero-order valence-electron chi connectivity index (χ0n) is 22.6.